The van der Waals surface area contributed by atoms with Crippen LogP contribution in [0.5, 0.6) is 0 Å². The smallest absolute Gasteiger partial charge is 0.306 e. The minimum atomic E-state index is -0.127. The lowest BCUT2D eigenvalue weighted by atomic mass is 9.82. The minimum Gasteiger partial charge on any atom is -0.462 e. The first-order valence-corrected chi connectivity index (χ1v) is 28.7. The number of hydrogen-bond donors (Lipinski definition) is 0. The summed E-state index contributed by atoms with van der Waals surface area (Å²) in [5, 5.41) is 0. The van der Waals surface area contributed by atoms with E-state index in [-0.39, 0.29) is 36.0 Å². The Morgan fingerprint density at radius 2 is 0.984 bits per heavy atom. The van der Waals surface area contributed by atoms with E-state index in [9.17, 15) is 9.59 Å². The van der Waals surface area contributed by atoms with E-state index >= 15 is 0 Å². The second kappa shape index (κ2) is 37.9. The molecule has 372 valence electrons. The van der Waals surface area contributed by atoms with Gasteiger partial charge in [0, 0.05) is 19.4 Å². The maximum Gasteiger partial charge on any atom is 0.306 e. The lowest BCUT2D eigenvalue weighted by Gasteiger charge is -2.31. The lowest BCUT2D eigenvalue weighted by molar-refractivity contribution is -0.156. The van der Waals surface area contributed by atoms with Gasteiger partial charge in [0.05, 0.1) is 0 Å². The summed E-state index contributed by atoms with van der Waals surface area (Å²) in [4.78, 5) is 29.0. The van der Waals surface area contributed by atoms with Crippen LogP contribution >= 0.6 is 0 Å². The highest BCUT2D eigenvalue weighted by atomic mass is 16.5. The van der Waals surface area contributed by atoms with Crippen LogP contribution in [0.2, 0.25) is 0 Å². The molecular formula is C58H111NO4. The van der Waals surface area contributed by atoms with Crippen LogP contribution in [0.25, 0.3) is 0 Å². The van der Waals surface area contributed by atoms with Crippen molar-refractivity contribution >= 4 is 11.9 Å². The zero-order chi connectivity index (χ0) is 45.9. The quantitative estimate of drug-likeness (QED) is 0.0451. The van der Waals surface area contributed by atoms with E-state index in [1.54, 1.807) is 0 Å². The monoisotopic (exact) mass is 886 g/mol. The van der Waals surface area contributed by atoms with Crippen LogP contribution in [0.15, 0.2) is 0 Å². The lowest BCUT2D eigenvalue weighted by Crippen LogP contribution is -2.33. The van der Waals surface area contributed by atoms with E-state index in [1.165, 1.54) is 173 Å². The molecule has 2 rings (SSSR count). The third-order valence-corrected chi connectivity index (χ3v) is 16.0. The van der Waals surface area contributed by atoms with Crippen molar-refractivity contribution in [2.75, 3.05) is 20.1 Å². The molecular weight excluding hydrogens is 775 g/mol. The Kier molecular flexibility index (Phi) is 34.9. The van der Waals surface area contributed by atoms with Crippen molar-refractivity contribution in [3.8, 4) is 0 Å². The Bertz CT molecular complexity index is 1080. The van der Waals surface area contributed by atoms with E-state index in [2.05, 4.69) is 60.4 Å². The van der Waals surface area contributed by atoms with Crippen LogP contribution in [0.3, 0.4) is 0 Å². The van der Waals surface area contributed by atoms with Crippen LogP contribution in [0, 0.1) is 41.4 Å². The van der Waals surface area contributed by atoms with E-state index in [0.29, 0.717) is 18.8 Å². The van der Waals surface area contributed by atoms with Crippen molar-refractivity contribution in [3.05, 3.63) is 0 Å². The standard InChI is InChI=1S/C58H111NO4/c1-9-13-15-17-23-29-36-48(5)49(6)37-30-24-19-21-27-33-40-54(41-34-28-22-20-26-32-39-53-46-52(53)38-31-25-18-16-14-10-2)62-57(60)44-50(7)55(12-4)56(35-11-3)63-58(61)45-51-42-43-59(8)47-51/h48-56H,9-47H2,1-8H3. The molecule has 0 N–H and O–H groups in total. The van der Waals surface area contributed by atoms with Gasteiger partial charge in [0.1, 0.15) is 12.2 Å². The van der Waals surface area contributed by atoms with Crippen LogP contribution in [-0.2, 0) is 19.1 Å². The Balaban J connectivity index is 1.75. The van der Waals surface area contributed by atoms with Gasteiger partial charge in [0.2, 0.25) is 0 Å². The zero-order valence-corrected chi connectivity index (χ0v) is 43.9. The van der Waals surface area contributed by atoms with Crippen molar-refractivity contribution < 1.29 is 19.1 Å². The number of likely N-dealkylation sites (tertiary alicyclic amines) is 1. The molecule has 1 saturated heterocycles. The Hall–Kier alpha value is -1.10. The van der Waals surface area contributed by atoms with Crippen molar-refractivity contribution in [2.24, 2.45) is 41.4 Å². The maximum absolute atomic E-state index is 13.6. The summed E-state index contributed by atoms with van der Waals surface area (Å²) in [6.45, 7) is 18.2. The number of ether oxygens (including phenoxy) is 2. The maximum atomic E-state index is 13.6. The molecule has 2 aliphatic rings. The topological polar surface area (TPSA) is 55.8 Å². The van der Waals surface area contributed by atoms with Gasteiger partial charge >= 0.3 is 11.9 Å². The minimum absolute atomic E-state index is 0.0333. The van der Waals surface area contributed by atoms with Gasteiger partial charge in [0.25, 0.3) is 0 Å². The number of rotatable bonds is 44. The Labute approximate surface area is 394 Å². The molecule has 0 aromatic carbocycles. The molecule has 9 atom stereocenters. The zero-order valence-electron chi connectivity index (χ0n) is 43.9. The highest BCUT2D eigenvalue weighted by Gasteiger charge is 2.35. The fourth-order valence-electron chi connectivity index (χ4n) is 11.3. The van der Waals surface area contributed by atoms with Gasteiger partial charge in [-0.25, -0.2) is 0 Å². The summed E-state index contributed by atoms with van der Waals surface area (Å²) in [5.74, 6) is 4.39. The summed E-state index contributed by atoms with van der Waals surface area (Å²) in [7, 11) is 2.13. The molecule has 0 aromatic heterocycles. The summed E-state index contributed by atoms with van der Waals surface area (Å²) in [6, 6.07) is 0. The van der Waals surface area contributed by atoms with E-state index < -0.39 is 0 Å². The number of esters is 2. The van der Waals surface area contributed by atoms with Gasteiger partial charge in [-0.05, 0) is 106 Å². The number of carbonyl (C=O) groups is 2. The first-order valence-electron chi connectivity index (χ1n) is 28.7. The summed E-state index contributed by atoms with van der Waals surface area (Å²) in [6.07, 6.45) is 46.5. The van der Waals surface area contributed by atoms with Crippen molar-refractivity contribution in [1.82, 2.24) is 4.90 Å². The predicted octanol–water partition coefficient (Wildman–Crippen LogP) is 17.7. The van der Waals surface area contributed by atoms with Gasteiger partial charge in [-0.2, -0.15) is 0 Å². The SMILES string of the molecule is CCCCCCCCC(C)C(C)CCCCCCCCC(CCCCCCCCC1CC1CCCCCCCC)OC(=O)CC(C)C(CC)C(CCC)OC(=O)CC1CCN(C)C1. The molecule has 0 aromatic rings. The molecule has 5 heteroatoms. The fourth-order valence-corrected chi connectivity index (χ4v) is 11.3. The van der Waals surface area contributed by atoms with Crippen LogP contribution in [0.1, 0.15) is 286 Å². The molecule has 0 radical (unpaired) electrons. The average Bonchev–Trinajstić information content (AvgIpc) is 3.88. The van der Waals surface area contributed by atoms with Gasteiger partial charge in [-0.3, -0.25) is 9.59 Å². The molecule has 0 bridgehead atoms. The molecule has 63 heavy (non-hydrogen) atoms. The van der Waals surface area contributed by atoms with Crippen LogP contribution < -0.4 is 0 Å². The van der Waals surface area contributed by atoms with Crippen LogP contribution in [0.4, 0.5) is 0 Å². The van der Waals surface area contributed by atoms with E-state index in [4.69, 9.17) is 9.47 Å². The van der Waals surface area contributed by atoms with Crippen molar-refractivity contribution in [2.45, 2.75) is 298 Å². The summed E-state index contributed by atoms with van der Waals surface area (Å²) < 4.78 is 12.6. The van der Waals surface area contributed by atoms with Gasteiger partial charge in [0.15, 0.2) is 0 Å². The summed E-state index contributed by atoms with van der Waals surface area (Å²) in [5.41, 5.74) is 0. The first-order chi connectivity index (χ1) is 30.6. The number of nitrogens with zero attached hydrogens (tertiary/aromatic N) is 1. The highest BCUT2D eigenvalue weighted by molar-refractivity contribution is 5.70. The van der Waals surface area contributed by atoms with Crippen LogP contribution in [-0.4, -0.2) is 49.2 Å². The molecule has 1 aliphatic heterocycles. The number of carbonyl (C=O) groups excluding carboxylic acids is 2. The van der Waals surface area contributed by atoms with Crippen molar-refractivity contribution in [3.63, 3.8) is 0 Å². The van der Waals surface area contributed by atoms with E-state index in [0.717, 1.165) is 88.1 Å². The largest absolute Gasteiger partial charge is 0.462 e. The highest BCUT2D eigenvalue weighted by Crippen LogP contribution is 2.46. The molecule has 0 amide bonds. The number of unbranched alkanes of at least 4 members (excludes halogenated alkanes) is 20. The van der Waals surface area contributed by atoms with Gasteiger partial charge in [-0.1, -0.05) is 222 Å². The third kappa shape index (κ3) is 29.3. The van der Waals surface area contributed by atoms with Crippen molar-refractivity contribution in [1.29, 1.82) is 0 Å². The normalized spacial score (nSPS) is 20.6. The van der Waals surface area contributed by atoms with E-state index in [1.807, 2.05) is 0 Å². The molecule has 1 aliphatic carbocycles. The third-order valence-electron chi connectivity index (χ3n) is 16.0. The molecule has 1 saturated carbocycles. The molecule has 5 nitrogen and oxygen atoms in total. The Morgan fingerprint density at radius 1 is 0.524 bits per heavy atom. The van der Waals surface area contributed by atoms with Gasteiger partial charge < -0.3 is 14.4 Å². The second-order valence-corrected chi connectivity index (χ2v) is 22.0. The summed E-state index contributed by atoms with van der Waals surface area (Å²) >= 11 is 0. The average molecular weight is 887 g/mol. The molecule has 2 fully saturated rings. The second-order valence-electron chi connectivity index (χ2n) is 22.0. The molecule has 1 heterocycles. The predicted molar refractivity (Wildman–Crippen MR) is 272 cm³/mol. The molecule has 0 spiro atoms. The number of hydrogen-bond acceptors (Lipinski definition) is 5. The van der Waals surface area contributed by atoms with Gasteiger partial charge in [-0.15, -0.1) is 0 Å². The Morgan fingerprint density at radius 3 is 1.43 bits per heavy atom. The fraction of sp³-hybridized carbons (Fsp3) is 0.966. The first kappa shape index (κ1) is 58.0. The molecule has 9 unspecified atom stereocenters.